The van der Waals surface area contributed by atoms with Gasteiger partial charge in [-0.05, 0) is 43.2 Å². The number of aryl methyl sites for hydroxylation is 2. The topological polar surface area (TPSA) is 107 Å². The fraction of sp³-hybridized carbons (Fsp3) is 0.129. The highest BCUT2D eigenvalue weighted by Gasteiger charge is 2.25. The maximum atomic E-state index is 11.2. The molecule has 4 aromatic heterocycles. The number of benzene rings is 2. The van der Waals surface area contributed by atoms with E-state index in [1.807, 2.05) is 85.4 Å². The van der Waals surface area contributed by atoms with Crippen LogP contribution in [0.5, 0.6) is 0 Å². The zero-order chi connectivity index (χ0) is 26.9. The number of rotatable bonds is 7. The first kappa shape index (κ1) is 24.2. The summed E-state index contributed by atoms with van der Waals surface area (Å²) in [5, 5.41) is 18.4. The van der Waals surface area contributed by atoms with Crippen LogP contribution < -0.4 is 0 Å². The van der Waals surface area contributed by atoms with E-state index >= 15 is 0 Å². The molecule has 8 heteroatoms. The van der Waals surface area contributed by atoms with Crippen LogP contribution in [-0.2, 0) is 11.2 Å². The van der Waals surface area contributed by atoms with Crippen LogP contribution in [0.15, 0.2) is 95.8 Å². The number of hydrogen-bond donors (Lipinski definition) is 1. The third-order valence-electron chi connectivity index (χ3n) is 6.78. The van der Waals surface area contributed by atoms with Crippen molar-refractivity contribution in [2.24, 2.45) is 0 Å². The molecule has 8 nitrogen and oxygen atoms in total. The van der Waals surface area contributed by atoms with Gasteiger partial charge in [-0.2, -0.15) is 5.10 Å². The summed E-state index contributed by atoms with van der Waals surface area (Å²) in [5.74, 6) is -0.148. The van der Waals surface area contributed by atoms with Crippen LogP contribution in [0, 0.1) is 13.8 Å². The second-order valence-corrected chi connectivity index (χ2v) is 9.42. The number of carboxylic acid groups (broad SMARTS) is 1. The summed E-state index contributed by atoms with van der Waals surface area (Å²) in [6.45, 7) is 3.81. The van der Waals surface area contributed by atoms with Crippen molar-refractivity contribution < 1.29 is 14.4 Å². The SMILES string of the molecule is Cc1noc(C)c1-c1cnc2c(-c3ccc(CC(=O)O)cc3)nn(C(c3ccccc3)c3ccccn3)c2c1. The Balaban J connectivity index is 1.60. The van der Waals surface area contributed by atoms with E-state index < -0.39 is 5.97 Å². The lowest BCUT2D eigenvalue weighted by Crippen LogP contribution is -2.15. The lowest BCUT2D eigenvalue weighted by atomic mass is 10.0. The van der Waals surface area contributed by atoms with E-state index in [1.54, 1.807) is 6.20 Å². The standard InChI is InChI=1S/C31H25N5O3/c1-19-28(20(2)39-35-19)24-17-26-30(33-18-24)29(22-13-11-21(12-14-22)16-27(37)38)34-36(26)31(23-8-4-3-5-9-23)25-10-6-7-15-32-25/h3-15,17-18,31H,16H2,1-2H3,(H,37,38). The number of hydrogen-bond acceptors (Lipinski definition) is 6. The lowest BCUT2D eigenvalue weighted by molar-refractivity contribution is -0.136. The van der Waals surface area contributed by atoms with Gasteiger partial charge in [0.25, 0.3) is 0 Å². The number of nitrogens with zero attached hydrogens (tertiary/aromatic N) is 5. The number of fused-ring (bicyclic) bond motifs is 1. The Labute approximate surface area is 224 Å². The van der Waals surface area contributed by atoms with Gasteiger partial charge in [0.05, 0.1) is 23.3 Å². The van der Waals surface area contributed by atoms with Crippen molar-refractivity contribution in [3.63, 3.8) is 0 Å². The molecule has 0 amide bonds. The number of aliphatic carboxylic acids is 1. The molecule has 0 bridgehead atoms. The van der Waals surface area contributed by atoms with E-state index in [4.69, 9.17) is 19.6 Å². The number of carbonyl (C=O) groups is 1. The fourth-order valence-corrected chi connectivity index (χ4v) is 5.01. The second-order valence-electron chi connectivity index (χ2n) is 9.42. The van der Waals surface area contributed by atoms with Gasteiger partial charge in [0, 0.05) is 29.1 Å². The summed E-state index contributed by atoms with van der Waals surface area (Å²) < 4.78 is 7.41. The van der Waals surface area contributed by atoms with E-state index in [-0.39, 0.29) is 12.5 Å². The van der Waals surface area contributed by atoms with Gasteiger partial charge in [0.2, 0.25) is 0 Å². The Morgan fingerprint density at radius 2 is 1.72 bits per heavy atom. The minimum Gasteiger partial charge on any atom is -0.481 e. The Bertz CT molecular complexity index is 1720. The Hall–Kier alpha value is -5.11. The average Bonchev–Trinajstić information content (AvgIpc) is 3.49. The zero-order valence-electron chi connectivity index (χ0n) is 21.4. The Morgan fingerprint density at radius 3 is 2.38 bits per heavy atom. The predicted molar refractivity (Wildman–Crippen MR) is 147 cm³/mol. The van der Waals surface area contributed by atoms with Crippen LogP contribution in [0.3, 0.4) is 0 Å². The van der Waals surface area contributed by atoms with E-state index in [2.05, 4.69) is 23.4 Å². The fourth-order valence-electron chi connectivity index (χ4n) is 5.01. The van der Waals surface area contributed by atoms with E-state index in [0.29, 0.717) is 5.69 Å². The molecule has 0 spiro atoms. The molecule has 6 rings (SSSR count). The molecule has 1 unspecified atom stereocenters. The van der Waals surface area contributed by atoms with Crippen LogP contribution in [0.4, 0.5) is 0 Å². The van der Waals surface area contributed by atoms with E-state index in [1.165, 1.54) is 0 Å². The van der Waals surface area contributed by atoms with Gasteiger partial charge in [0.15, 0.2) is 0 Å². The van der Waals surface area contributed by atoms with Crippen molar-refractivity contribution in [3.8, 4) is 22.4 Å². The second kappa shape index (κ2) is 9.98. The average molecular weight is 516 g/mol. The molecule has 39 heavy (non-hydrogen) atoms. The van der Waals surface area contributed by atoms with Crippen LogP contribution in [0.1, 0.15) is 34.3 Å². The molecular weight excluding hydrogens is 490 g/mol. The molecule has 0 aliphatic heterocycles. The van der Waals surface area contributed by atoms with Crippen LogP contribution in [0.25, 0.3) is 33.4 Å². The van der Waals surface area contributed by atoms with Crippen LogP contribution in [0.2, 0.25) is 0 Å². The van der Waals surface area contributed by atoms with Gasteiger partial charge in [-0.1, -0.05) is 65.8 Å². The van der Waals surface area contributed by atoms with Crippen molar-refractivity contribution in [1.82, 2.24) is 24.9 Å². The lowest BCUT2D eigenvalue weighted by Gasteiger charge is -2.19. The van der Waals surface area contributed by atoms with Crippen molar-refractivity contribution in [2.45, 2.75) is 26.3 Å². The van der Waals surface area contributed by atoms with Gasteiger partial charge in [-0.15, -0.1) is 0 Å². The summed E-state index contributed by atoms with van der Waals surface area (Å²) in [6, 6.07) is 25.2. The quantitative estimate of drug-likeness (QED) is 0.277. The highest BCUT2D eigenvalue weighted by Crippen LogP contribution is 2.36. The molecule has 0 aliphatic rings. The summed E-state index contributed by atoms with van der Waals surface area (Å²) in [4.78, 5) is 20.8. The van der Waals surface area contributed by atoms with Gasteiger partial charge >= 0.3 is 5.97 Å². The first-order chi connectivity index (χ1) is 19.0. The number of pyridine rings is 2. The van der Waals surface area contributed by atoms with Crippen molar-refractivity contribution in [2.75, 3.05) is 0 Å². The molecule has 1 atom stereocenters. The third-order valence-corrected chi connectivity index (χ3v) is 6.78. The molecular formula is C31H25N5O3. The first-order valence-electron chi connectivity index (χ1n) is 12.6. The molecule has 6 aromatic rings. The highest BCUT2D eigenvalue weighted by atomic mass is 16.5. The van der Waals surface area contributed by atoms with Gasteiger partial charge < -0.3 is 9.63 Å². The van der Waals surface area contributed by atoms with Crippen molar-refractivity contribution in [1.29, 1.82) is 0 Å². The molecule has 192 valence electrons. The molecule has 4 heterocycles. The molecule has 0 aliphatic carbocycles. The van der Waals surface area contributed by atoms with Gasteiger partial charge in [-0.3, -0.25) is 14.8 Å². The largest absolute Gasteiger partial charge is 0.481 e. The predicted octanol–water partition coefficient (Wildman–Crippen LogP) is 6.03. The highest BCUT2D eigenvalue weighted by molar-refractivity contribution is 5.92. The summed E-state index contributed by atoms with van der Waals surface area (Å²) >= 11 is 0. The summed E-state index contributed by atoms with van der Waals surface area (Å²) in [7, 11) is 0. The van der Waals surface area contributed by atoms with Crippen molar-refractivity contribution >= 4 is 17.0 Å². The maximum Gasteiger partial charge on any atom is 0.307 e. The van der Waals surface area contributed by atoms with E-state index in [9.17, 15) is 9.90 Å². The smallest absolute Gasteiger partial charge is 0.307 e. The number of aromatic nitrogens is 5. The van der Waals surface area contributed by atoms with Crippen molar-refractivity contribution in [3.05, 3.63) is 120 Å². The zero-order valence-corrected chi connectivity index (χ0v) is 21.4. The first-order valence-corrected chi connectivity index (χ1v) is 12.6. The van der Waals surface area contributed by atoms with E-state index in [0.717, 1.165) is 56.0 Å². The minimum atomic E-state index is -0.868. The monoisotopic (exact) mass is 515 g/mol. The normalized spacial score (nSPS) is 12.1. The molecule has 0 radical (unpaired) electrons. The Kier molecular flexibility index (Phi) is 6.20. The molecule has 0 saturated carbocycles. The minimum absolute atomic E-state index is 0.0374. The molecule has 2 aromatic carbocycles. The molecule has 1 N–H and O–H groups in total. The summed E-state index contributed by atoms with van der Waals surface area (Å²) in [5.41, 5.74) is 8.29. The maximum absolute atomic E-state index is 11.2. The van der Waals surface area contributed by atoms with Gasteiger partial charge in [-0.25, -0.2) is 4.68 Å². The number of carboxylic acids is 1. The summed E-state index contributed by atoms with van der Waals surface area (Å²) in [6.07, 6.45) is 3.57. The van der Waals surface area contributed by atoms with Crippen LogP contribution >= 0.6 is 0 Å². The Morgan fingerprint density at radius 1 is 0.949 bits per heavy atom. The van der Waals surface area contributed by atoms with Gasteiger partial charge in [0.1, 0.15) is 23.0 Å². The van der Waals surface area contributed by atoms with Crippen LogP contribution in [-0.4, -0.2) is 36.0 Å². The third kappa shape index (κ3) is 4.57. The molecule has 0 fully saturated rings. The molecule has 0 saturated heterocycles.